The molecule has 0 bridgehead atoms. The number of hydrogen-bond acceptors (Lipinski definition) is 5. The third kappa shape index (κ3) is 5.71. The van der Waals surface area contributed by atoms with Gasteiger partial charge in [0.1, 0.15) is 0 Å². The topological polar surface area (TPSA) is 65.4 Å². The van der Waals surface area contributed by atoms with Gasteiger partial charge in [0, 0.05) is 31.5 Å². The van der Waals surface area contributed by atoms with Crippen LogP contribution in [0.1, 0.15) is 26.0 Å². The van der Waals surface area contributed by atoms with Crippen molar-refractivity contribution in [1.29, 1.82) is 0 Å². The largest absolute Gasteiger partial charge is 0.468 e. The summed E-state index contributed by atoms with van der Waals surface area (Å²) in [5, 5.41) is 3.28. The third-order valence-corrected chi connectivity index (χ3v) is 2.75. The normalized spacial score (nSPS) is 11.1. The molecule has 1 N–H and O–H groups in total. The summed E-state index contributed by atoms with van der Waals surface area (Å²) >= 11 is 0. The van der Waals surface area contributed by atoms with Gasteiger partial charge in [-0.15, -0.1) is 0 Å². The fraction of sp³-hybridized carbons (Fsp3) is 0.714. The Balaban J connectivity index is 2.34. The molecule has 114 valence electrons. The van der Waals surface area contributed by atoms with Gasteiger partial charge >= 0.3 is 0 Å². The van der Waals surface area contributed by atoms with E-state index < -0.39 is 0 Å². The van der Waals surface area contributed by atoms with Crippen LogP contribution in [0.2, 0.25) is 0 Å². The van der Waals surface area contributed by atoms with Gasteiger partial charge in [-0.1, -0.05) is 0 Å². The lowest BCUT2D eigenvalue weighted by Gasteiger charge is -2.12. The predicted molar refractivity (Wildman–Crippen MR) is 78.4 cm³/mol. The molecule has 0 saturated heterocycles. The van der Waals surface area contributed by atoms with E-state index in [1.165, 1.54) is 17.7 Å². The van der Waals surface area contributed by atoms with Crippen LogP contribution in [-0.2, 0) is 11.3 Å². The van der Waals surface area contributed by atoms with Crippen LogP contribution in [0, 0.1) is 6.92 Å². The van der Waals surface area contributed by atoms with Crippen molar-refractivity contribution in [3.05, 3.63) is 22.1 Å². The van der Waals surface area contributed by atoms with Crippen molar-refractivity contribution in [3.63, 3.8) is 0 Å². The van der Waals surface area contributed by atoms with Crippen LogP contribution in [0.4, 0.5) is 0 Å². The van der Waals surface area contributed by atoms with Crippen LogP contribution < -0.4 is 15.6 Å². The Hall–Kier alpha value is -1.40. The second kappa shape index (κ2) is 8.71. The first kappa shape index (κ1) is 16.7. The van der Waals surface area contributed by atoms with E-state index in [1.807, 2.05) is 13.8 Å². The van der Waals surface area contributed by atoms with E-state index in [9.17, 15) is 4.79 Å². The molecule has 0 amide bonds. The van der Waals surface area contributed by atoms with Gasteiger partial charge in [-0.25, -0.2) is 4.98 Å². The molecular weight excluding hydrogens is 258 g/mol. The Morgan fingerprint density at radius 3 is 2.80 bits per heavy atom. The molecular formula is C14H25N3O3. The molecule has 1 heterocycles. The summed E-state index contributed by atoms with van der Waals surface area (Å²) in [7, 11) is 1.52. The van der Waals surface area contributed by atoms with Crippen molar-refractivity contribution in [2.75, 3.05) is 26.8 Å². The molecule has 20 heavy (non-hydrogen) atoms. The van der Waals surface area contributed by atoms with Crippen LogP contribution in [-0.4, -0.2) is 42.5 Å². The van der Waals surface area contributed by atoms with E-state index in [4.69, 9.17) is 9.47 Å². The lowest BCUT2D eigenvalue weighted by molar-refractivity contribution is 0.0771. The van der Waals surface area contributed by atoms with Gasteiger partial charge in [-0.3, -0.25) is 9.36 Å². The fourth-order valence-electron chi connectivity index (χ4n) is 1.79. The number of aryl methyl sites for hydroxylation is 1. The minimum Gasteiger partial charge on any atom is -0.468 e. The van der Waals surface area contributed by atoms with Crippen LogP contribution in [0.3, 0.4) is 0 Å². The Bertz CT molecular complexity index is 457. The van der Waals surface area contributed by atoms with E-state index in [0.29, 0.717) is 24.8 Å². The van der Waals surface area contributed by atoms with E-state index in [1.54, 1.807) is 6.92 Å². The lowest BCUT2D eigenvalue weighted by atomic mass is 10.4. The first-order valence-corrected chi connectivity index (χ1v) is 6.99. The van der Waals surface area contributed by atoms with Gasteiger partial charge in [0.05, 0.1) is 13.2 Å². The second-order valence-electron chi connectivity index (χ2n) is 4.90. The van der Waals surface area contributed by atoms with Gasteiger partial charge in [0.2, 0.25) is 0 Å². The number of hydrogen-bond donors (Lipinski definition) is 1. The van der Waals surface area contributed by atoms with Crippen molar-refractivity contribution in [3.8, 4) is 6.01 Å². The number of aromatic nitrogens is 2. The third-order valence-electron chi connectivity index (χ3n) is 2.75. The van der Waals surface area contributed by atoms with Gasteiger partial charge in [0.25, 0.3) is 11.6 Å². The number of ether oxygens (including phenoxy) is 2. The molecule has 1 aromatic rings. The molecule has 1 rings (SSSR count). The predicted octanol–water partition coefficient (Wildman–Crippen LogP) is 0.965. The Morgan fingerprint density at radius 2 is 2.15 bits per heavy atom. The van der Waals surface area contributed by atoms with E-state index in [-0.39, 0.29) is 11.7 Å². The molecule has 0 aliphatic rings. The Morgan fingerprint density at radius 1 is 1.40 bits per heavy atom. The number of methoxy groups -OCH3 is 1. The smallest absolute Gasteiger partial charge is 0.299 e. The molecule has 0 spiro atoms. The summed E-state index contributed by atoms with van der Waals surface area (Å²) in [5.74, 6) is 0. The first-order valence-electron chi connectivity index (χ1n) is 6.99. The van der Waals surface area contributed by atoms with E-state index >= 15 is 0 Å². The summed E-state index contributed by atoms with van der Waals surface area (Å²) in [6.45, 7) is 8.68. The zero-order valence-electron chi connectivity index (χ0n) is 12.8. The van der Waals surface area contributed by atoms with Crippen molar-refractivity contribution >= 4 is 0 Å². The minimum absolute atomic E-state index is 0.0840. The minimum atomic E-state index is -0.0840. The van der Waals surface area contributed by atoms with Crippen LogP contribution in [0.15, 0.2) is 10.9 Å². The number of nitrogens with one attached hydrogen (secondary N) is 1. The molecule has 0 fully saturated rings. The molecule has 0 unspecified atom stereocenters. The highest BCUT2D eigenvalue weighted by atomic mass is 16.5. The highest BCUT2D eigenvalue weighted by Gasteiger charge is 2.06. The van der Waals surface area contributed by atoms with Gasteiger partial charge < -0.3 is 14.8 Å². The zero-order valence-corrected chi connectivity index (χ0v) is 12.8. The molecule has 6 heteroatoms. The van der Waals surface area contributed by atoms with Gasteiger partial charge in [-0.2, -0.15) is 0 Å². The molecule has 0 atom stereocenters. The van der Waals surface area contributed by atoms with E-state index in [2.05, 4.69) is 10.3 Å². The van der Waals surface area contributed by atoms with Gasteiger partial charge in [-0.05, 0) is 33.7 Å². The maximum atomic E-state index is 11.9. The average molecular weight is 283 g/mol. The van der Waals surface area contributed by atoms with Crippen LogP contribution in [0.25, 0.3) is 0 Å². The van der Waals surface area contributed by atoms with Crippen molar-refractivity contribution < 1.29 is 9.47 Å². The molecule has 0 aliphatic carbocycles. The summed E-state index contributed by atoms with van der Waals surface area (Å²) in [6, 6.07) is 1.87. The maximum absolute atomic E-state index is 11.9. The van der Waals surface area contributed by atoms with Crippen molar-refractivity contribution in [2.45, 2.75) is 39.8 Å². The summed E-state index contributed by atoms with van der Waals surface area (Å²) in [6.07, 6.45) is 1.23. The number of nitrogens with zero attached hydrogens (tertiary/aromatic N) is 2. The summed E-state index contributed by atoms with van der Waals surface area (Å²) in [4.78, 5) is 16.0. The van der Waals surface area contributed by atoms with Crippen molar-refractivity contribution in [1.82, 2.24) is 14.9 Å². The van der Waals surface area contributed by atoms with E-state index in [0.717, 1.165) is 19.6 Å². The molecule has 0 aromatic carbocycles. The highest BCUT2D eigenvalue weighted by molar-refractivity contribution is 5.06. The number of rotatable bonds is 9. The zero-order chi connectivity index (χ0) is 15.0. The molecule has 0 aliphatic heterocycles. The summed E-state index contributed by atoms with van der Waals surface area (Å²) < 4.78 is 12.1. The molecule has 0 saturated carbocycles. The highest BCUT2D eigenvalue weighted by Crippen LogP contribution is 2.03. The molecule has 6 nitrogen and oxygen atoms in total. The Labute approximate surface area is 120 Å². The maximum Gasteiger partial charge on any atom is 0.299 e. The van der Waals surface area contributed by atoms with Crippen molar-refractivity contribution in [2.24, 2.45) is 0 Å². The standard InChI is InChI=1S/C14H25N3O3/c1-11(2)20-9-5-6-15-7-8-17-13(18)10-12(3)16-14(17)19-4/h10-11,15H,5-9H2,1-4H3. The second-order valence-corrected chi connectivity index (χ2v) is 4.90. The quantitative estimate of drug-likeness (QED) is 0.684. The van der Waals surface area contributed by atoms with Crippen LogP contribution >= 0.6 is 0 Å². The molecule has 0 radical (unpaired) electrons. The fourth-order valence-corrected chi connectivity index (χ4v) is 1.79. The lowest BCUT2D eigenvalue weighted by Crippen LogP contribution is -2.29. The summed E-state index contributed by atoms with van der Waals surface area (Å²) in [5.41, 5.74) is 0.584. The Kier molecular flexibility index (Phi) is 7.25. The van der Waals surface area contributed by atoms with Crippen LogP contribution in [0.5, 0.6) is 6.01 Å². The molecule has 1 aromatic heterocycles. The first-order chi connectivity index (χ1) is 9.54. The average Bonchev–Trinajstić information content (AvgIpc) is 2.38. The SMILES string of the molecule is COc1nc(C)cc(=O)n1CCNCCCOC(C)C. The van der Waals surface area contributed by atoms with Gasteiger partial charge in [0.15, 0.2) is 0 Å². The monoisotopic (exact) mass is 283 g/mol.